The van der Waals surface area contributed by atoms with Crippen molar-refractivity contribution in [3.05, 3.63) is 224 Å². The molecule has 0 atom stereocenters. The van der Waals surface area contributed by atoms with Crippen molar-refractivity contribution in [2.45, 2.75) is 142 Å². The van der Waals surface area contributed by atoms with E-state index < -0.39 is 0 Å². The molecule has 0 unspecified atom stereocenters. The Balaban J connectivity index is 0.000000474. The summed E-state index contributed by atoms with van der Waals surface area (Å²) in [6, 6.07) is 62.0. The van der Waals surface area contributed by atoms with Gasteiger partial charge in [-0.1, -0.05) is 301 Å². The topological polar surface area (TPSA) is 0 Å². The van der Waals surface area contributed by atoms with Crippen LogP contribution in [0.15, 0.2) is 158 Å². The Morgan fingerprint density at radius 1 is 0.254 bits per heavy atom. The van der Waals surface area contributed by atoms with Crippen molar-refractivity contribution >= 4 is 46.2 Å². The quantitative estimate of drug-likeness (QED) is 0.133. The molecule has 8 aromatic rings. The summed E-state index contributed by atoms with van der Waals surface area (Å²) in [5, 5.41) is 0. The van der Waals surface area contributed by atoms with Gasteiger partial charge in [-0.2, -0.15) is 0 Å². The molecule has 0 radical (unpaired) electrons. The monoisotopic (exact) mass is 933 g/mol. The Morgan fingerprint density at radius 3 is 0.915 bits per heavy atom. The van der Waals surface area contributed by atoms with Gasteiger partial charge in [-0.25, -0.2) is 0 Å². The highest BCUT2D eigenvalue weighted by molar-refractivity contribution is 6.98. The molecule has 71 heavy (non-hydrogen) atoms. The third-order valence-electron chi connectivity index (χ3n) is 14.6. The maximum atomic E-state index is 2.67. The van der Waals surface area contributed by atoms with Gasteiger partial charge in [-0.3, -0.25) is 0 Å². The molecule has 1 spiro atoms. The Bertz CT molecular complexity index is 2870. The van der Waals surface area contributed by atoms with Gasteiger partial charge in [0.25, 0.3) is 0 Å². The van der Waals surface area contributed by atoms with Crippen LogP contribution in [0.5, 0.6) is 0 Å². The zero-order valence-electron chi connectivity index (χ0n) is 46.5. The Morgan fingerprint density at radius 2 is 0.549 bits per heavy atom. The van der Waals surface area contributed by atoms with Crippen molar-refractivity contribution in [3.8, 4) is 22.3 Å². The summed E-state index contributed by atoms with van der Waals surface area (Å²) in [6.45, 7) is 32.5. The lowest BCUT2D eigenvalue weighted by Crippen LogP contribution is -2.61. The largest absolute Gasteiger partial charge is 0.242 e. The van der Waals surface area contributed by atoms with E-state index in [4.69, 9.17) is 0 Å². The van der Waals surface area contributed by atoms with Gasteiger partial charge < -0.3 is 0 Å². The highest BCUT2D eigenvalue weighted by Gasteiger charge is 2.53. The van der Waals surface area contributed by atoms with E-state index in [0.29, 0.717) is 0 Å². The minimum Gasteiger partial charge on any atom is -0.0683 e. The predicted octanol–water partition coefficient (Wildman–Crippen LogP) is 14.9. The molecule has 6 aliphatic rings. The maximum Gasteiger partial charge on any atom is 0.242 e. The van der Waals surface area contributed by atoms with Crippen molar-refractivity contribution in [3.63, 3.8) is 0 Å². The number of benzene rings is 8. The molecule has 0 fully saturated rings. The smallest absolute Gasteiger partial charge is 0.0683 e. The van der Waals surface area contributed by atoms with Crippen LogP contribution in [0.1, 0.15) is 178 Å². The van der Waals surface area contributed by atoms with E-state index in [-0.39, 0.29) is 18.8 Å². The third-order valence-corrected chi connectivity index (χ3v) is 14.6. The average molecular weight is 933 g/mol. The fourth-order valence-corrected chi connectivity index (χ4v) is 12.6. The Kier molecular flexibility index (Phi) is 18.6. The van der Waals surface area contributed by atoms with E-state index in [0.717, 1.165) is 25.7 Å². The first kappa shape index (κ1) is 54.2. The Labute approximate surface area is 432 Å². The number of hydrogen-bond acceptors (Lipinski definition) is 0. The van der Waals surface area contributed by atoms with E-state index in [1.165, 1.54) is 111 Å². The van der Waals surface area contributed by atoms with Gasteiger partial charge in [0, 0.05) is 0 Å². The molecule has 4 heterocycles. The minimum atomic E-state index is -0.374. The summed E-state index contributed by atoms with van der Waals surface area (Å²) >= 11 is 0. The SMILES string of the molecule is CC.CC.CC.CC.CC.CC.CC.CC.c1ccc2c(c1)Cc1cccc3c1B2c1cc2c(cc1C3)C1(c3ccccc3-2)c2ccccc2-c2cc3c(cc21)Cc1cccc2c1B3c1ccccc1C2. The van der Waals surface area contributed by atoms with Crippen molar-refractivity contribution in [2.24, 2.45) is 0 Å². The lowest BCUT2D eigenvalue weighted by atomic mass is 9.30. The molecule has 0 N–H and O–H groups in total. The van der Waals surface area contributed by atoms with Crippen molar-refractivity contribution < 1.29 is 0 Å². The normalized spacial score (nSPS) is 12.9. The lowest BCUT2D eigenvalue weighted by molar-refractivity contribution is 0.790. The second-order valence-electron chi connectivity index (χ2n) is 17.0. The fourth-order valence-electron chi connectivity index (χ4n) is 12.6. The van der Waals surface area contributed by atoms with Gasteiger partial charge in [0.05, 0.1) is 5.41 Å². The lowest BCUT2D eigenvalue weighted by Gasteiger charge is -2.36. The minimum absolute atomic E-state index is 0.271. The summed E-state index contributed by atoms with van der Waals surface area (Å²) in [4.78, 5) is 0. The maximum absolute atomic E-state index is 2.67. The zero-order chi connectivity index (χ0) is 51.6. The highest BCUT2D eigenvalue weighted by Crippen LogP contribution is 2.63. The summed E-state index contributed by atoms with van der Waals surface area (Å²) in [6.07, 6.45) is 4.02. The van der Waals surface area contributed by atoms with Crippen LogP contribution in [0.3, 0.4) is 0 Å². The van der Waals surface area contributed by atoms with Crippen LogP contribution >= 0.6 is 0 Å². The molecule has 0 saturated heterocycles. The molecule has 0 bridgehead atoms. The molecule has 0 aromatic heterocycles. The van der Waals surface area contributed by atoms with E-state index >= 15 is 0 Å². The predicted molar refractivity (Wildman–Crippen MR) is 320 cm³/mol. The Hall–Kier alpha value is -6.11. The fraction of sp³-hybridized carbons (Fsp3) is 0.304. The third kappa shape index (κ3) is 8.48. The van der Waals surface area contributed by atoms with Gasteiger partial charge in [0.2, 0.25) is 13.4 Å². The van der Waals surface area contributed by atoms with Crippen molar-refractivity contribution in [1.82, 2.24) is 0 Å². The summed E-state index contributed by atoms with van der Waals surface area (Å²) in [7, 11) is 0. The van der Waals surface area contributed by atoms with Crippen LogP contribution in [0, 0.1) is 0 Å². The standard InChI is InChI=1S/C53H34B2.8C2H6/c1-7-21-47-31(11-1)23-33-13-9-15-35-25-37-27-45-41(29-49(37)54(47)51(33)35)39-17-3-5-19-43(39)53(45)44-20-6-4-18-40(44)42-30-50-38(28-46(42)53)26-36-16-10-14-34-24-32-12-2-8-22-48(32)55(50)52(34)36;8*1-2/h1-22,27-30H,23-26H2;8*1-2H3. The van der Waals surface area contributed by atoms with Crippen molar-refractivity contribution in [2.75, 3.05) is 0 Å². The molecule has 2 heteroatoms. The second-order valence-corrected chi connectivity index (χ2v) is 17.0. The summed E-state index contributed by atoms with van der Waals surface area (Å²) in [5.41, 5.74) is 32.0. The molecular formula is C69H82B2. The van der Waals surface area contributed by atoms with Crippen LogP contribution in [0.25, 0.3) is 22.3 Å². The van der Waals surface area contributed by atoms with E-state index in [2.05, 4.69) is 158 Å². The molecule has 4 aliphatic heterocycles. The van der Waals surface area contributed by atoms with E-state index in [1.807, 2.05) is 111 Å². The molecular weight excluding hydrogens is 850 g/mol. The summed E-state index contributed by atoms with van der Waals surface area (Å²) in [5.74, 6) is 0. The molecule has 0 nitrogen and oxygen atoms in total. The van der Waals surface area contributed by atoms with Gasteiger partial charge in [0.15, 0.2) is 0 Å². The molecule has 0 saturated carbocycles. The molecule has 2 aliphatic carbocycles. The van der Waals surface area contributed by atoms with Crippen LogP contribution < -0.4 is 32.8 Å². The molecule has 8 aromatic carbocycles. The highest BCUT2D eigenvalue weighted by atomic mass is 14.5. The van der Waals surface area contributed by atoms with Crippen LogP contribution in [-0.4, -0.2) is 13.4 Å². The van der Waals surface area contributed by atoms with E-state index in [9.17, 15) is 0 Å². The summed E-state index contributed by atoms with van der Waals surface area (Å²) < 4.78 is 0. The van der Waals surface area contributed by atoms with E-state index in [1.54, 1.807) is 10.9 Å². The van der Waals surface area contributed by atoms with Crippen LogP contribution in [-0.2, 0) is 31.1 Å². The molecule has 14 rings (SSSR count). The first-order chi connectivity index (χ1) is 35.3. The van der Waals surface area contributed by atoms with Gasteiger partial charge in [0.1, 0.15) is 0 Å². The zero-order valence-corrected chi connectivity index (χ0v) is 46.5. The number of rotatable bonds is 0. The first-order valence-electron chi connectivity index (χ1n) is 28.2. The van der Waals surface area contributed by atoms with Crippen LogP contribution in [0.2, 0.25) is 0 Å². The second kappa shape index (κ2) is 24.3. The van der Waals surface area contributed by atoms with Gasteiger partial charge in [-0.05, 0) is 115 Å². The van der Waals surface area contributed by atoms with Gasteiger partial charge >= 0.3 is 0 Å². The number of fused-ring (bicyclic) bond motifs is 18. The first-order valence-corrected chi connectivity index (χ1v) is 28.2. The molecule has 364 valence electrons. The molecule has 0 amide bonds. The van der Waals surface area contributed by atoms with Crippen LogP contribution in [0.4, 0.5) is 0 Å². The van der Waals surface area contributed by atoms with Gasteiger partial charge in [-0.15, -0.1) is 0 Å². The van der Waals surface area contributed by atoms with Crippen molar-refractivity contribution in [1.29, 1.82) is 0 Å². The average Bonchev–Trinajstić information content (AvgIpc) is 3.92. The number of hydrogen-bond donors (Lipinski definition) is 0.